The van der Waals surface area contributed by atoms with E-state index in [2.05, 4.69) is 55.7 Å². The SMILES string of the molecule is C/C1=C\SC(c2ccc3c(c2)CCCC3)=Cc2cc(N)c(C)cc2C1. The topological polar surface area (TPSA) is 26.0 Å². The van der Waals surface area contributed by atoms with Gasteiger partial charge in [-0.15, -0.1) is 0 Å². The Kier molecular flexibility index (Phi) is 4.47. The summed E-state index contributed by atoms with van der Waals surface area (Å²) in [5.74, 6) is 0. The van der Waals surface area contributed by atoms with Crippen molar-refractivity contribution in [1.82, 2.24) is 0 Å². The molecule has 1 aliphatic heterocycles. The predicted octanol–water partition coefficient (Wildman–Crippen LogP) is 6.15. The number of fused-ring (bicyclic) bond motifs is 2. The van der Waals surface area contributed by atoms with Crippen molar-refractivity contribution in [3.63, 3.8) is 0 Å². The smallest absolute Gasteiger partial charge is 0.0349 e. The second-order valence-electron chi connectivity index (χ2n) is 7.37. The first kappa shape index (κ1) is 16.5. The maximum absolute atomic E-state index is 6.19. The summed E-state index contributed by atoms with van der Waals surface area (Å²) >= 11 is 1.84. The number of aryl methyl sites for hydroxylation is 3. The van der Waals surface area contributed by atoms with Crippen LogP contribution >= 0.6 is 11.8 Å². The molecule has 128 valence electrons. The van der Waals surface area contributed by atoms with Crippen molar-refractivity contribution in [2.24, 2.45) is 0 Å². The summed E-state index contributed by atoms with van der Waals surface area (Å²) in [6.45, 7) is 4.31. The molecule has 2 N–H and O–H groups in total. The monoisotopic (exact) mass is 347 g/mol. The lowest BCUT2D eigenvalue weighted by molar-refractivity contribution is 0.685. The summed E-state index contributed by atoms with van der Waals surface area (Å²) in [7, 11) is 0. The Labute approximate surface area is 155 Å². The first-order valence-electron chi connectivity index (χ1n) is 9.15. The van der Waals surface area contributed by atoms with Gasteiger partial charge in [-0.2, -0.15) is 0 Å². The molecule has 0 radical (unpaired) electrons. The van der Waals surface area contributed by atoms with Gasteiger partial charge in [0.1, 0.15) is 0 Å². The van der Waals surface area contributed by atoms with Gasteiger partial charge >= 0.3 is 0 Å². The highest BCUT2D eigenvalue weighted by Gasteiger charge is 2.14. The Morgan fingerprint density at radius 2 is 1.72 bits per heavy atom. The second-order valence-corrected chi connectivity index (χ2v) is 8.28. The lowest BCUT2D eigenvalue weighted by Gasteiger charge is -2.19. The highest BCUT2D eigenvalue weighted by molar-refractivity contribution is 8.11. The van der Waals surface area contributed by atoms with E-state index < -0.39 is 0 Å². The van der Waals surface area contributed by atoms with Crippen LogP contribution in [0.2, 0.25) is 0 Å². The van der Waals surface area contributed by atoms with E-state index in [1.165, 1.54) is 64.0 Å². The summed E-state index contributed by atoms with van der Waals surface area (Å²) in [5.41, 5.74) is 16.7. The molecule has 2 heteroatoms. The van der Waals surface area contributed by atoms with E-state index in [0.29, 0.717) is 0 Å². The highest BCUT2D eigenvalue weighted by atomic mass is 32.2. The summed E-state index contributed by atoms with van der Waals surface area (Å²) in [5, 5.41) is 2.31. The molecule has 2 aromatic carbocycles. The Morgan fingerprint density at radius 3 is 2.56 bits per heavy atom. The molecule has 25 heavy (non-hydrogen) atoms. The molecule has 0 amide bonds. The van der Waals surface area contributed by atoms with Crippen LogP contribution in [0.4, 0.5) is 5.69 Å². The molecular weight excluding hydrogens is 322 g/mol. The second kappa shape index (κ2) is 6.76. The molecule has 0 aromatic heterocycles. The molecular formula is C23H25NS. The van der Waals surface area contributed by atoms with Crippen molar-refractivity contribution in [1.29, 1.82) is 0 Å². The molecule has 0 saturated carbocycles. The average Bonchev–Trinajstić information content (AvgIpc) is 2.60. The van der Waals surface area contributed by atoms with Crippen LogP contribution in [0, 0.1) is 6.92 Å². The standard InChI is InChI=1S/C23H25NS/c1-15-9-20-10-16(2)22(24)12-21(20)13-23(25-14-15)19-8-7-17-5-3-4-6-18(17)11-19/h7-8,10-14H,3-6,9,24H2,1-2H3/b15-14+,23-13?. The van der Waals surface area contributed by atoms with Gasteiger partial charge in [0.2, 0.25) is 0 Å². The van der Waals surface area contributed by atoms with Crippen LogP contribution in [-0.4, -0.2) is 0 Å². The third kappa shape index (κ3) is 3.41. The first-order chi connectivity index (χ1) is 12.1. The molecule has 0 spiro atoms. The molecule has 4 rings (SSSR count). The van der Waals surface area contributed by atoms with Gasteiger partial charge in [0.15, 0.2) is 0 Å². The van der Waals surface area contributed by atoms with Gasteiger partial charge in [-0.25, -0.2) is 0 Å². The largest absolute Gasteiger partial charge is 0.398 e. The quantitative estimate of drug-likeness (QED) is 0.626. The zero-order valence-corrected chi connectivity index (χ0v) is 15.9. The maximum Gasteiger partial charge on any atom is 0.0349 e. The number of anilines is 1. The number of benzene rings is 2. The Morgan fingerprint density at radius 1 is 0.920 bits per heavy atom. The van der Waals surface area contributed by atoms with Crippen molar-refractivity contribution >= 4 is 28.4 Å². The molecule has 1 aliphatic carbocycles. The van der Waals surface area contributed by atoms with Crippen LogP contribution in [0.1, 0.15) is 53.1 Å². The predicted molar refractivity (Wildman–Crippen MR) is 112 cm³/mol. The van der Waals surface area contributed by atoms with Crippen LogP contribution < -0.4 is 5.73 Å². The lowest BCUT2D eigenvalue weighted by Crippen LogP contribution is -2.03. The number of hydrogen-bond acceptors (Lipinski definition) is 2. The molecule has 0 saturated heterocycles. The van der Waals surface area contributed by atoms with Crippen LogP contribution in [0.25, 0.3) is 11.0 Å². The van der Waals surface area contributed by atoms with Crippen LogP contribution in [0.3, 0.4) is 0 Å². The number of nitrogen functional groups attached to an aromatic ring is 1. The van der Waals surface area contributed by atoms with Gasteiger partial charge in [-0.1, -0.05) is 41.6 Å². The maximum atomic E-state index is 6.19. The summed E-state index contributed by atoms with van der Waals surface area (Å²) in [6, 6.07) is 11.4. The Hall–Kier alpha value is -1.93. The molecule has 2 aliphatic rings. The minimum Gasteiger partial charge on any atom is -0.398 e. The molecule has 0 bridgehead atoms. The van der Waals surface area contributed by atoms with Gasteiger partial charge in [0.25, 0.3) is 0 Å². The third-order valence-electron chi connectivity index (χ3n) is 5.30. The van der Waals surface area contributed by atoms with Gasteiger partial charge in [-0.3, -0.25) is 0 Å². The minimum atomic E-state index is 0.881. The van der Waals surface area contributed by atoms with Crippen LogP contribution in [0.5, 0.6) is 0 Å². The van der Waals surface area contributed by atoms with Gasteiger partial charge < -0.3 is 5.73 Å². The van der Waals surface area contributed by atoms with Gasteiger partial charge in [0, 0.05) is 10.6 Å². The van der Waals surface area contributed by atoms with Crippen molar-refractivity contribution in [2.45, 2.75) is 46.0 Å². The van der Waals surface area contributed by atoms with E-state index in [1.807, 2.05) is 11.8 Å². The zero-order valence-electron chi connectivity index (χ0n) is 15.1. The normalized spacial score (nSPS) is 19.0. The molecule has 2 aromatic rings. The fourth-order valence-corrected chi connectivity index (χ4v) is 4.68. The molecule has 0 fully saturated rings. The summed E-state index contributed by atoms with van der Waals surface area (Å²) < 4.78 is 0. The Balaban J connectivity index is 1.81. The van der Waals surface area contributed by atoms with Crippen molar-refractivity contribution in [3.8, 4) is 0 Å². The van der Waals surface area contributed by atoms with Crippen molar-refractivity contribution < 1.29 is 0 Å². The van der Waals surface area contributed by atoms with Gasteiger partial charge in [-0.05, 0) is 96.9 Å². The average molecular weight is 348 g/mol. The fourth-order valence-electron chi connectivity index (χ4n) is 3.81. The number of allylic oxidation sites excluding steroid dienone is 1. The van der Waals surface area contributed by atoms with Crippen LogP contribution in [-0.2, 0) is 19.3 Å². The number of hydrogen-bond donors (Lipinski definition) is 1. The summed E-state index contributed by atoms with van der Waals surface area (Å²) in [6.07, 6.45) is 8.43. The molecule has 0 unspecified atom stereocenters. The summed E-state index contributed by atoms with van der Waals surface area (Å²) in [4.78, 5) is 1.32. The van der Waals surface area contributed by atoms with Gasteiger partial charge in [0.05, 0.1) is 0 Å². The number of rotatable bonds is 1. The van der Waals surface area contributed by atoms with E-state index in [0.717, 1.165) is 12.1 Å². The van der Waals surface area contributed by atoms with E-state index in [4.69, 9.17) is 5.73 Å². The number of nitrogens with two attached hydrogens (primary N) is 1. The van der Waals surface area contributed by atoms with E-state index >= 15 is 0 Å². The van der Waals surface area contributed by atoms with E-state index in [1.54, 1.807) is 5.56 Å². The molecule has 1 heterocycles. The fraction of sp³-hybridized carbons (Fsp3) is 0.304. The van der Waals surface area contributed by atoms with Crippen molar-refractivity contribution in [3.05, 3.63) is 74.7 Å². The molecule has 0 atom stereocenters. The Bertz CT molecular complexity index is 889. The zero-order chi connectivity index (χ0) is 17.4. The van der Waals surface area contributed by atoms with E-state index in [-0.39, 0.29) is 0 Å². The van der Waals surface area contributed by atoms with E-state index in [9.17, 15) is 0 Å². The third-order valence-corrected chi connectivity index (χ3v) is 6.43. The minimum absolute atomic E-state index is 0.881. The highest BCUT2D eigenvalue weighted by Crippen LogP contribution is 2.37. The first-order valence-corrected chi connectivity index (χ1v) is 10.0. The lowest BCUT2D eigenvalue weighted by atomic mass is 9.90. The van der Waals surface area contributed by atoms with Crippen molar-refractivity contribution in [2.75, 3.05) is 5.73 Å². The number of thioether (sulfide) groups is 1. The van der Waals surface area contributed by atoms with Crippen LogP contribution in [0.15, 0.2) is 41.3 Å². The molecule has 1 nitrogen and oxygen atoms in total.